The van der Waals surface area contributed by atoms with Crippen LogP contribution in [-0.4, -0.2) is 25.4 Å². The number of hydrogen-bond donors (Lipinski definition) is 1. The molecule has 1 heterocycles. The number of ether oxygens (including phenoxy) is 2. The third-order valence-electron chi connectivity index (χ3n) is 4.49. The largest absolute Gasteiger partial charge is 0.497 e. The van der Waals surface area contributed by atoms with Gasteiger partial charge in [0.1, 0.15) is 11.5 Å². The van der Waals surface area contributed by atoms with Crippen LogP contribution in [-0.2, 0) is 4.79 Å². The minimum atomic E-state index is -0.245. The first-order valence-electron chi connectivity index (χ1n) is 9.01. The van der Waals surface area contributed by atoms with Gasteiger partial charge in [-0.2, -0.15) is 5.26 Å². The highest BCUT2D eigenvalue weighted by atomic mass is 32.2. The van der Waals surface area contributed by atoms with E-state index in [1.54, 1.807) is 7.11 Å². The Morgan fingerprint density at radius 3 is 2.46 bits per heavy atom. The van der Waals surface area contributed by atoms with Crippen LogP contribution in [0, 0.1) is 18.3 Å². The van der Waals surface area contributed by atoms with Gasteiger partial charge in [0.15, 0.2) is 0 Å². The summed E-state index contributed by atoms with van der Waals surface area (Å²) in [6.07, 6.45) is 0.263. The SMILES string of the molecule is COc1ccc([C@H]2CC(=O)NC(SCCOc3ccc(C)cc3)=C2C#N)cc1. The molecule has 0 aliphatic carbocycles. The number of aryl methyl sites for hydroxylation is 1. The van der Waals surface area contributed by atoms with E-state index in [-0.39, 0.29) is 18.2 Å². The van der Waals surface area contributed by atoms with E-state index in [1.807, 2.05) is 55.5 Å². The van der Waals surface area contributed by atoms with Gasteiger partial charge in [-0.3, -0.25) is 4.79 Å². The maximum atomic E-state index is 12.2. The van der Waals surface area contributed by atoms with E-state index >= 15 is 0 Å². The van der Waals surface area contributed by atoms with Gasteiger partial charge in [0.05, 0.1) is 30.4 Å². The Bertz CT molecular complexity index is 899. The van der Waals surface area contributed by atoms with Crippen LogP contribution in [0.15, 0.2) is 59.1 Å². The van der Waals surface area contributed by atoms with Crippen molar-refractivity contribution < 1.29 is 14.3 Å². The molecule has 0 fully saturated rings. The van der Waals surface area contributed by atoms with Gasteiger partial charge in [0.25, 0.3) is 0 Å². The molecule has 0 radical (unpaired) electrons. The summed E-state index contributed by atoms with van der Waals surface area (Å²) in [5.41, 5.74) is 2.70. The molecule has 5 nitrogen and oxygen atoms in total. The number of carbonyl (C=O) groups excluding carboxylic acids is 1. The lowest BCUT2D eigenvalue weighted by Crippen LogP contribution is -2.31. The Morgan fingerprint density at radius 2 is 1.82 bits per heavy atom. The zero-order valence-electron chi connectivity index (χ0n) is 15.9. The minimum Gasteiger partial charge on any atom is -0.497 e. The molecule has 1 aliphatic heterocycles. The summed E-state index contributed by atoms with van der Waals surface area (Å²) >= 11 is 1.44. The normalized spacial score (nSPS) is 16.3. The van der Waals surface area contributed by atoms with E-state index in [0.29, 0.717) is 23.0 Å². The minimum absolute atomic E-state index is 0.0817. The molecule has 1 N–H and O–H groups in total. The average molecular weight is 394 g/mol. The Balaban J connectivity index is 1.68. The summed E-state index contributed by atoms with van der Waals surface area (Å²) in [5, 5.41) is 13.2. The summed E-state index contributed by atoms with van der Waals surface area (Å²) in [5.74, 6) is 1.86. The van der Waals surface area contributed by atoms with Gasteiger partial charge in [-0.1, -0.05) is 29.8 Å². The fourth-order valence-corrected chi connectivity index (χ4v) is 3.89. The van der Waals surface area contributed by atoms with Crippen molar-refractivity contribution in [1.82, 2.24) is 5.32 Å². The molecule has 0 spiro atoms. The number of carbonyl (C=O) groups is 1. The van der Waals surface area contributed by atoms with Crippen molar-refractivity contribution in [2.45, 2.75) is 19.3 Å². The van der Waals surface area contributed by atoms with Crippen molar-refractivity contribution >= 4 is 17.7 Å². The average Bonchev–Trinajstić information content (AvgIpc) is 2.72. The maximum absolute atomic E-state index is 12.2. The highest BCUT2D eigenvalue weighted by Gasteiger charge is 2.29. The maximum Gasteiger partial charge on any atom is 0.225 e. The molecule has 0 aromatic heterocycles. The molecule has 6 heteroatoms. The predicted molar refractivity (Wildman–Crippen MR) is 110 cm³/mol. The van der Waals surface area contributed by atoms with E-state index < -0.39 is 0 Å². The standard InChI is InChI=1S/C22H22N2O3S/c1-15-3-7-18(8-4-15)27-11-12-28-22-20(14-23)19(13-21(25)24-22)16-5-9-17(26-2)10-6-16/h3-10,19H,11-13H2,1-2H3,(H,24,25)/t19-/m1/s1. The Hall–Kier alpha value is -2.91. The number of rotatable bonds is 7. The van der Waals surface area contributed by atoms with Gasteiger partial charge in [0.2, 0.25) is 5.91 Å². The molecule has 1 atom stereocenters. The second-order valence-corrected chi connectivity index (χ2v) is 7.55. The first kappa shape index (κ1) is 19.8. The van der Waals surface area contributed by atoms with E-state index in [0.717, 1.165) is 17.1 Å². The summed E-state index contributed by atoms with van der Waals surface area (Å²) in [6.45, 7) is 2.51. The number of nitrogens with zero attached hydrogens (tertiary/aromatic N) is 1. The van der Waals surface area contributed by atoms with Crippen LogP contribution in [0.3, 0.4) is 0 Å². The molecule has 144 valence electrons. The van der Waals surface area contributed by atoms with Crippen molar-refractivity contribution in [2.75, 3.05) is 19.5 Å². The molecule has 28 heavy (non-hydrogen) atoms. The zero-order chi connectivity index (χ0) is 19.9. The summed E-state index contributed by atoms with van der Waals surface area (Å²) in [6, 6.07) is 17.7. The van der Waals surface area contributed by atoms with Gasteiger partial charge in [-0.15, -0.1) is 11.8 Å². The van der Waals surface area contributed by atoms with Gasteiger partial charge in [0, 0.05) is 18.1 Å². The topological polar surface area (TPSA) is 71.3 Å². The lowest BCUT2D eigenvalue weighted by atomic mass is 9.87. The quantitative estimate of drug-likeness (QED) is 0.714. The van der Waals surface area contributed by atoms with Crippen LogP contribution in [0.1, 0.15) is 23.5 Å². The van der Waals surface area contributed by atoms with Crippen LogP contribution < -0.4 is 14.8 Å². The molecule has 2 aromatic carbocycles. The second kappa shape index (κ2) is 9.34. The van der Waals surface area contributed by atoms with Gasteiger partial charge >= 0.3 is 0 Å². The molecule has 2 aromatic rings. The predicted octanol–water partition coefficient (Wildman–Crippen LogP) is 4.15. The van der Waals surface area contributed by atoms with E-state index in [2.05, 4.69) is 11.4 Å². The van der Waals surface area contributed by atoms with Crippen LogP contribution in [0.25, 0.3) is 0 Å². The molecule has 0 bridgehead atoms. The number of nitrogens with one attached hydrogen (secondary N) is 1. The van der Waals surface area contributed by atoms with E-state index in [4.69, 9.17) is 9.47 Å². The number of amides is 1. The smallest absolute Gasteiger partial charge is 0.225 e. The van der Waals surface area contributed by atoms with Crippen molar-refractivity contribution in [2.24, 2.45) is 0 Å². The third kappa shape index (κ3) is 4.87. The van der Waals surface area contributed by atoms with Crippen LogP contribution in [0.4, 0.5) is 0 Å². The fourth-order valence-electron chi connectivity index (χ4n) is 2.99. The highest BCUT2D eigenvalue weighted by Crippen LogP contribution is 2.36. The summed E-state index contributed by atoms with van der Waals surface area (Å²) in [7, 11) is 1.61. The Morgan fingerprint density at radius 1 is 1.14 bits per heavy atom. The lowest BCUT2D eigenvalue weighted by Gasteiger charge is -2.25. The first-order chi connectivity index (χ1) is 13.6. The van der Waals surface area contributed by atoms with E-state index in [9.17, 15) is 10.1 Å². The Kier molecular flexibility index (Phi) is 6.62. The molecule has 1 aliphatic rings. The number of methoxy groups -OCH3 is 1. The van der Waals surface area contributed by atoms with Crippen LogP contribution >= 0.6 is 11.8 Å². The molecule has 0 saturated heterocycles. The second-order valence-electron chi connectivity index (χ2n) is 6.44. The lowest BCUT2D eigenvalue weighted by molar-refractivity contribution is -0.120. The third-order valence-corrected chi connectivity index (χ3v) is 5.48. The van der Waals surface area contributed by atoms with Crippen molar-refractivity contribution in [1.29, 1.82) is 5.26 Å². The zero-order valence-corrected chi connectivity index (χ0v) is 16.7. The summed E-state index contributed by atoms with van der Waals surface area (Å²) < 4.78 is 10.9. The molecule has 1 amide bonds. The van der Waals surface area contributed by atoms with Crippen LogP contribution in [0.5, 0.6) is 11.5 Å². The molecular weight excluding hydrogens is 372 g/mol. The van der Waals surface area contributed by atoms with Crippen molar-refractivity contribution in [3.8, 4) is 17.6 Å². The van der Waals surface area contributed by atoms with Crippen molar-refractivity contribution in [3.05, 3.63) is 70.3 Å². The Labute approximate surface area is 169 Å². The summed E-state index contributed by atoms with van der Waals surface area (Å²) in [4.78, 5) is 12.2. The number of hydrogen-bond acceptors (Lipinski definition) is 5. The number of benzene rings is 2. The molecular formula is C22H22N2O3S. The highest BCUT2D eigenvalue weighted by molar-refractivity contribution is 8.03. The first-order valence-corrected chi connectivity index (χ1v) is 9.99. The van der Waals surface area contributed by atoms with Gasteiger partial charge < -0.3 is 14.8 Å². The molecule has 0 saturated carbocycles. The fraction of sp³-hybridized carbons (Fsp3) is 0.273. The number of allylic oxidation sites excluding steroid dienone is 1. The molecule has 3 rings (SSSR count). The monoisotopic (exact) mass is 394 g/mol. The van der Waals surface area contributed by atoms with E-state index in [1.165, 1.54) is 17.3 Å². The van der Waals surface area contributed by atoms with Gasteiger partial charge in [-0.25, -0.2) is 0 Å². The number of nitriles is 1. The van der Waals surface area contributed by atoms with Crippen LogP contribution in [0.2, 0.25) is 0 Å². The number of thioether (sulfide) groups is 1. The van der Waals surface area contributed by atoms with Crippen molar-refractivity contribution in [3.63, 3.8) is 0 Å². The molecule has 0 unspecified atom stereocenters. The van der Waals surface area contributed by atoms with Gasteiger partial charge in [-0.05, 0) is 36.8 Å².